The zero-order chi connectivity index (χ0) is 22.0. The minimum atomic E-state index is -1.01. The van der Waals surface area contributed by atoms with Crippen molar-refractivity contribution in [2.75, 3.05) is 6.61 Å². The molecule has 0 saturated heterocycles. The highest BCUT2D eigenvalue weighted by Gasteiger charge is 2.16. The highest BCUT2D eigenvalue weighted by atomic mass is 19.2. The van der Waals surface area contributed by atoms with Gasteiger partial charge in [-0.3, -0.25) is 0 Å². The summed E-state index contributed by atoms with van der Waals surface area (Å²) in [6.07, 6.45) is 0. The number of hydrogen-bond acceptors (Lipinski definition) is 1. The van der Waals surface area contributed by atoms with E-state index in [1.807, 2.05) is 37.3 Å². The molecule has 0 aliphatic rings. The third-order valence-corrected chi connectivity index (χ3v) is 5.21. The molecule has 0 fully saturated rings. The number of ether oxygens (including phenoxy) is 1. The maximum atomic E-state index is 14.8. The Labute approximate surface area is 179 Å². The average Bonchev–Trinajstić information content (AvgIpc) is 2.78. The zero-order valence-corrected chi connectivity index (χ0v) is 17.3. The van der Waals surface area contributed by atoms with Gasteiger partial charge >= 0.3 is 0 Å². The van der Waals surface area contributed by atoms with Crippen molar-refractivity contribution in [3.63, 3.8) is 0 Å². The molecule has 0 aliphatic heterocycles. The van der Waals surface area contributed by atoms with E-state index in [2.05, 4.69) is 0 Å². The average molecular weight is 418 g/mol. The van der Waals surface area contributed by atoms with Gasteiger partial charge in [-0.2, -0.15) is 4.39 Å². The van der Waals surface area contributed by atoms with Crippen molar-refractivity contribution in [2.24, 2.45) is 0 Å². The van der Waals surface area contributed by atoms with Crippen LogP contribution in [0, 0.1) is 24.4 Å². The van der Waals surface area contributed by atoms with Gasteiger partial charge in [0.2, 0.25) is 5.82 Å². The van der Waals surface area contributed by atoms with Crippen molar-refractivity contribution in [2.45, 2.75) is 13.8 Å². The van der Waals surface area contributed by atoms with Crippen LogP contribution in [0.4, 0.5) is 13.2 Å². The van der Waals surface area contributed by atoms with E-state index in [-0.39, 0.29) is 23.7 Å². The summed E-state index contributed by atoms with van der Waals surface area (Å²) in [6.45, 7) is 3.96. The first kappa shape index (κ1) is 20.7. The Kier molecular flexibility index (Phi) is 5.81. The molecule has 156 valence electrons. The fourth-order valence-corrected chi connectivity index (χ4v) is 3.53. The Morgan fingerprint density at radius 1 is 0.613 bits per heavy atom. The predicted octanol–water partition coefficient (Wildman–Crippen LogP) is 7.81. The van der Waals surface area contributed by atoms with Crippen molar-refractivity contribution in [3.05, 3.63) is 102 Å². The molecule has 1 nitrogen and oxygen atoms in total. The number of aryl methyl sites for hydroxylation is 1. The number of rotatable bonds is 5. The molecule has 0 amide bonds. The largest absolute Gasteiger partial charge is 0.491 e. The molecule has 0 heterocycles. The van der Waals surface area contributed by atoms with Gasteiger partial charge in [-0.05, 0) is 54.3 Å². The third kappa shape index (κ3) is 4.19. The van der Waals surface area contributed by atoms with Gasteiger partial charge < -0.3 is 4.74 Å². The highest BCUT2D eigenvalue weighted by Crippen LogP contribution is 2.33. The van der Waals surface area contributed by atoms with E-state index in [0.717, 1.165) is 16.7 Å². The summed E-state index contributed by atoms with van der Waals surface area (Å²) in [4.78, 5) is 0. The fraction of sp³-hybridized carbons (Fsp3) is 0.111. The summed E-state index contributed by atoms with van der Waals surface area (Å²) in [6, 6.07) is 22.6. The molecule has 0 aliphatic carbocycles. The normalized spacial score (nSPS) is 10.9. The molecule has 0 aromatic heterocycles. The van der Waals surface area contributed by atoms with Crippen LogP contribution in [0.1, 0.15) is 12.5 Å². The molecule has 4 aromatic rings. The minimum absolute atomic E-state index is 0.115. The summed E-state index contributed by atoms with van der Waals surface area (Å²) < 4.78 is 48.6. The van der Waals surface area contributed by atoms with Gasteiger partial charge in [0.05, 0.1) is 6.61 Å². The lowest BCUT2D eigenvalue weighted by Crippen LogP contribution is -1.98. The van der Waals surface area contributed by atoms with Crippen LogP contribution in [-0.2, 0) is 0 Å². The Morgan fingerprint density at radius 3 is 1.77 bits per heavy atom. The van der Waals surface area contributed by atoms with Crippen LogP contribution < -0.4 is 4.74 Å². The first-order valence-corrected chi connectivity index (χ1v) is 10.1. The molecule has 0 bridgehead atoms. The standard InChI is InChI=1S/C27H21F3O/c1-3-31-25-15-14-23(26(29)27(25)30)20-10-8-19(9-11-20)22-13-12-21(16-24(22)28)18-6-4-17(2)5-7-18/h4-16H,3H2,1-2H3. The number of benzene rings is 4. The second-order valence-corrected chi connectivity index (χ2v) is 7.31. The van der Waals surface area contributed by atoms with Gasteiger partial charge in [0, 0.05) is 11.1 Å². The maximum absolute atomic E-state index is 14.8. The van der Waals surface area contributed by atoms with Gasteiger partial charge in [0.25, 0.3) is 0 Å². The molecule has 0 saturated carbocycles. The predicted molar refractivity (Wildman–Crippen MR) is 119 cm³/mol. The van der Waals surface area contributed by atoms with E-state index >= 15 is 0 Å². The van der Waals surface area contributed by atoms with Gasteiger partial charge in [-0.25, -0.2) is 8.78 Å². The minimum Gasteiger partial charge on any atom is -0.491 e. The van der Waals surface area contributed by atoms with Gasteiger partial charge in [-0.1, -0.05) is 66.2 Å². The Hall–Kier alpha value is -3.53. The first-order chi connectivity index (χ1) is 15.0. The van der Waals surface area contributed by atoms with Crippen LogP contribution in [-0.4, -0.2) is 6.61 Å². The Balaban J connectivity index is 1.63. The van der Waals surface area contributed by atoms with E-state index in [0.29, 0.717) is 16.7 Å². The lowest BCUT2D eigenvalue weighted by Gasteiger charge is -2.11. The van der Waals surface area contributed by atoms with Crippen molar-refractivity contribution >= 4 is 0 Å². The topological polar surface area (TPSA) is 9.23 Å². The Bertz CT molecular complexity index is 1210. The monoisotopic (exact) mass is 418 g/mol. The number of hydrogen-bond donors (Lipinski definition) is 0. The molecule has 4 aromatic carbocycles. The summed E-state index contributed by atoms with van der Waals surface area (Å²) in [5.74, 6) is -2.44. The van der Waals surface area contributed by atoms with Crippen LogP contribution in [0.25, 0.3) is 33.4 Å². The summed E-state index contributed by atoms with van der Waals surface area (Å²) in [5, 5.41) is 0. The molecule has 0 atom stereocenters. The SMILES string of the molecule is CCOc1ccc(-c2ccc(-c3ccc(-c4ccc(C)cc4)cc3F)cc2)c(F)c1F. The fourth-order valence-electron chi connectivity index (χ4n) is 3.53. The van der Waals surface area contributed by atoms with Crippen LogP contribution in [0.2, 0.25) is 0 Å². The van der Waals surface area contributed by atoms with E-state index in [4.69, 9.17) is 4.74 Å². The summed E-state index contributed by atoms with van der Waals surface area (Å²) >= 11 is 0. The van der Waals surface area contributed by atoms with Crippen molar-refractivity contribution in [3.8, 4) is 39.1 Å². The van der Waals surface area contributed by atoms with Crippen LogP contribution in [0.3, 0.4) is 0 Å². The van der Waals surface area contributed by atoms with E-state index in [1.165, 1.54) is 18.2 Å². The Morgan fingerprint density at radius 2 is 1.16 bits per heavy atom. The van der Waals surface area contributed by atoms with Crippen LogP contribution in [0.15, 0.2) is 78.9 Å². The van der Waals surface area contributed by atoms with Crippen molar-refractivity contribution in [1.82, 2.24) is 0 Å². The van der Waals surface area contributed by atoms with Gasteiger partial charge in [-0.15, -0.1) is 0 Å². The lowest BCUT2D eigenvalue weighted by molar-refractivity contribution is 0.314. The van der Waals surface area contributed by atoms with E-state index < -0.39 is 11.6 Å². The smallest absolute Gasteiger partial charge is 0.201 e. The summed E-state index contributed by atoms with van der Waals surface area (Å²) in [7, 11) is 0. The first-order valence-electron chi connectivity index (χ1n) is 10.1. The molecule has 0 spiro atoms. The van der Waals surface area contributed by atoms with Crippen molar-refractivity contribution < 1.29 is 17.9 Å². The van der Waals surface area contributed by atoms with Crippen LogP contribution >= 0.6 is 0 Å². The molecule has 0 radical (unpaired) electrons. The molecule has 4 rings (SSSR count). The quantitative estimate of drug-likeness (QED) is 0.321. The molecular formula is C27H21F3O. The second-order valence-electron chi connectivity index (χ2n) is 7.31. The van der Waals surface area contributed by atoms with Gasteiger partial charge in [0.15, 0.2) is 11.6 Å². The van der Waals surface area contributed by atoms with E-state index in [9.17, 15) is 13.2 Å². The van der Waals surface area contributed by atoms with Crippen LogP contribution in [0.5, 0.6) is 5.75 Å². The zero-order valence-electron chi connectivity index (χ0n) is 17.3. The molecular weight excluding hydrogens is 397 g/mol. The second kappa shape index (κ2) is 8.68. The van der Waals surface area contributed by atoms with Crippen molar-refractivity contribution in [1.29, 1.82) is 0 Å². The van der Waals surface area contributed by atoms with Gasteiger partial charge in [0.1, 0.15) is 5.82 Å². The molecule has 31 heavy (non-hydrogen) atoms. The third-order valence-electron chi connectivity index (χ3n) is 5.21. The molecule has 4 heteroatoms. The lowest BCUT2D eigenvalue weighted by atomic mass is 9.97. The van der Waals surface area contributed by atoms with E-state index in [1.54, 1.807) is 37.3 Å². The molecule has 0 N–H and O–H groups in total. The highest BCUT2D eigenvalue weighted by molar-refractivity contribution is 5.74. The number of halogens is 3. The maximum Gasteiger partial charge on any atom is 0.201 e. The molecule has 0 unspecified atom stereocenters. The summed E-state index contributed by atoms with van der Waals surface area (Å²) in [5.41, 5.74) is 4.61.